The molecule has 19 heavy (non-hydrogen) atoms. The van der Waals surface area contributed by atoms with Gasteiger partial charge in [0.2, 0.25) is 10.0 Å². The van der Waals surface area contributed by atoms with Crippen LogP contribution in [0.5, 0.6) is 0 Å². The van der Waals surface area contributed by atoms with E-state index in [-0.39, 0.29) is 11.5 Å². The third kappa shape index (κ3) is 3.59. The Morgan fingerprint density at radius 1 is 1.32 bits per heavy atom. The Bertz CT molecular complexity index is 531. The van der Waals surface area contributed by atoms with Gasteiger partial charge < -0.3 is 16.2 Å². The summed E-state index contributed by atoms with van der Waals surface area (Å²) in [6.07, 6.45) is 1.36. The van der Waals surface area contributed by atoms with E-state index in [1.807, 2.05) is 13.8 Å². The summed E-state index contributed by atoms with van der Waals surface area (Å²) in [4.78, 5) is -0.0109. The van der Waals surface area contributed by atoms with Gasteiger partial charge in [0.05, 0.1) is 28.4 Å². The highest BCUT2D eigenvalue weighted by atomic mass is 32.2. The van der Waals surface area contributed by atoms with Gasteiger partial charge in [0.25, 0.3) is 0 Å². The molecule has 0 aliphatic heterocycles. The predicted octanol–water partition coefficient (Wildman–Crippen LogP) is 0.879. The molecular weight excluding hydrogens is 266 g/mol. The van der Waals surface area contributed by atoms with Gasteiger partial charge >= 0.3 is 0 Å². The smallest absolute Gasteiger partial charge is 0.238 e. The first-order valence-corrected chi connectivity index (χ1v) is 7.64. The Kier molecular flexibility index (Phi) is 4.78. The first kappa shape index (κ1) is 15.7. The number of rotatable bonds is 6. The summed E-state index contributed by atoms with van der Waals surface area (Å²) >= 11 is 0. The molecule has 6 nitrogen and oxygen atoms in total. The van der Waals surface area contributed by atoms with Crippen molar-refractivity contribution >= 4 is 21.4 Å². The number of nitrogens with one attached hydrogen (secondary N) is 1. The van der Waals surface area contributed by atoms with Crippen molar-refractivity contribution in [2.75, 3.05) is 17.7 Å². The summed E-state index contributed by atoms with van der Waals surface area (Å²) in [6.45, 7) is 3.80. The number of nitrogens with two attached hydrogens (primary N) is 2. The van der Waals surface area contributed by atoms with E-state index in [9.17, 15) is 13.5 Å². The van der Waals surface area contributed by atoms with E-state index >= 15 is 0 Å². The molecule has 0 unspecified atom stereocenters. The predicted molar refractivity (Wildman–Crippen MR) is 76.2 cm³/mol. The van der Waals surface area contributed by atoms with Gasteiger partial charge in [0.1, 0.15) is 0 Å². The van der Waals surface area contributed by atoms with Crippen molar-refractivity contribution < 1.29 is 13.5 Å². The lowest BCUT2D eigenvalue weighted by Gasteiger charge is -2.32. The van der Waals surface area contributed by atoms with E-state index in [0.29, 0.717) is 24.2 Å². The highest BCUT2D eigenvalue weighted by molar-refractivity contribution is 7.89. The third-order valence-electron chi connectivity index (χ3n) is 3.41. The van der Waals surface area contributed by atoms with Crippen LogP contribution in [0, 0.1) is 0 Å². The van der Waals surface area contributed by atoms with Gasteiger partial charge in [-0.3, -0.25) is 0 Å². The van der Waals surface area contributed by atoms with Crippen LogP contribution in [0.2, 0.25) is 0 Å². The molecule has 0 radical (unpaired) electrons. The van der Waals surface area contributed by atoms with Gasteiger partial charge in [0, 0.05) is 0 Å². The van der Waals surface area contributed by atoms with Crippen molar-refractivity contribution in [1.29, 1.82) is 0 Å². The molecule has 0 aliphatic carbocycles. The molecule has 0 amide bonds. The molecule has 7 heteroatoms. The van der Waals surface area contributed by atoms with Gasteiger partial charge in [0.15, 0.2) is 0 Å². The SMILES string of the molecule is CCC(CC)(CO)Nc1cc(S(N)(=O)=O)ccc1N. The fraction of sp³-hybridized carbons (Fsp3) is 0.500. The lowest BCUT2D eigenvalue weighted by Crippen LogP contribution is -2.41. The second-order valence-corrected chi connectivity index (χ2v) is 6.13. The van der Waals surface area contributed by atoms with E-state index in [1.165, 1.54) is 18.2 Å². The minimum absolute atomic E-state index is 0.0109. The maximum Gasteiger partial charge on any atom is 0.238 e. The first-order chi connectivity index (χ1) is 8.78. The Balaban J connectivity index is 3.20. The topological polar surface area (TPSA) is 118 Å². The van der Waals surface area contributed by atoms with Crippen molar-refractivity contribution in [3.8, 4) is 0 Å². The molecule has 1 aromatic carbocycles. The highest BCUT2D eigenvalue weighted by Crippen LogP contribution is 2.28. The Labute approximate surface area is 113 Å². The molecule has 0 atom stereocenters. The van der Waals surface area contributed by atoms with Crippen LogP contribution in [-0.2, 0) is 10.0 Å². The molecule has 0 saturated carbocycles. The fourth-order valence-electron chi connectivity index (χ4n) is 1.80. The second-order valence-electron chi connectivity index (χ2n) is 4.56. The zero-order valence-electron chi connectivity index (χ0n) is 11.2. The molecule has 0 aromatic heterocycles. The van der Waals surface area contributed by atoms with Gasteiger partial charge in [-0.2, -0.15) is 0 Å². The number of hydrogen-bond acceptors (Lipinski definition) is 5. The monoisotopic (exact) mass is 287 g/mol. The molecule has 0 fully saturated rings. The van der Waals surface area contributed by atoms with Crippen LogP contribution < -0.4 is 16.2 Å². The van der Waals surface area contributed by atoms with Gasteiger partial charge in [-0.15, -0.1) is 0 Å². The Hall–Kier alpha value is -1.31. The summed E-state index contributed by atoms with van der Waals surface area (Å²) in [6, 6.07) is 4.23. The molecule has 0 heterocycles. The Morgan fingerprint density at radius 2 is 1.89 bits per heavy atom. The van der Waals surface area contributed by atoms with E-state index in [4.69, 9.17) is 10.9 Å². The van der Waals surface area contributed by atoms with Crippen molar-refractivity contribution in [1.82, 2.24) is 0 Å². The van der Waals surface area contributed by atoms with Crippen LogP contribution in [0.3, 0.4) is 0 Å². The second kappa shape index (κ2) is 5.77. The number of benzene rings is 1. The van der Waals surface area contributed by atoms with Crippen LogP contribution in [-0.4, -0.2) is 25.7 Å². The van der Waals surface area contributed by atoms with Crippen LogP contribution in [0.25, 0.3) is 0 Å². The van der Waals surface area contributed by atoms with Gasteiger partial charge in [-0.05, 0) is 31.0 Å². The van der Waals surface area contributed by atoms with E-state index in [1.54, 1.807) is 0 Å². The largest absolute Gasteiger partial charge is 0.397 e. The Morgan fingerprint density at radius 3 is 2.32 bits per heavy atom. The number of primary sulfonamides is 1. The number of sulfonamides is 1. The zero-order valence-corrected chi connectivity index (χ0v) is 12.0. The molecule has 0 bridgehead atoms. The minimum Gasteiger partial charge on any atom is -0.397 e. The average Bonchev–Trinajstić information content (AvgIpc) is 2.37. The average molecular weight is 287 g/mol. The number of anilines is 2. The molecule has 0 saturated heterocycles. The quantitative estimate of drug-likeness (QED) is 0.579. The van der Waals surface area contributed by atoms with Crippen LogP contribution >= 0.6 is 0 Å². The summed E-state index contributed by atoms with van der Waals surface area (Å²) in [7, 11) is -3.78. The molecule has 1 aromatic rings. The molecule has 0 aliphatic rings. The van der Waals surface area contributed by atoms with E-state index < -0.39 is 15.6 Å². The maximum absolute atomic E-state index is 11.3. The normalized spacial score (nSPS) is 12.4. The lowest BCUT2D eigenvalue weighted by molar-refractivity contribution is 0.202. The minimum atomic E-state index is -3.78. The molecular formula is C12H21N3O3S. The number of aliphatic hydroxyl groups is 1. The van der Waals surface area contributed by atoms with Crippen molar-refractivity contribution in [3.05, 3.63) is 18.2 Å². The summed E-state index contributed by atoms with van der Waals surface area (Å²) in [5, 5.41) is 17.7. The molecule has 108 valence electrons. The highest BCUT2D eigenvalue weighted by Gasteiger charge is 2.26. The molecule has 0 spiro atoms. The van der Waals surface area contributed by atoms with Gasteiger partial charge in [-0.1, -0.05) is 13.8 Å². The van der Waals surface area contributed by atoms with Crippen LogP contribution in [0.1, 0.15) is 26.7 Å². The van der Waals surface area contributed by atoms with Crippen LogP contribution in [0.4, 0.5) is 11.4 Å². The van der Waals surface area contributed by atoms with Crippen molar-refractivity contribution in [3.63, 3.8) is 0 Å². The molecule has 6 N–H and O–H groups in total. The third-order valence-corrected chi connectivity index (χ3v) is 4.32. The maximum atomic E-state index is 11.3. The van der Waals surface area contributed by atoms with Gasteiger partial charge in [-0.25, -0.2) is 13.6 Å². The first-order valence-electron chi connectivity index (χ1n) is 6.09. The number of nitrogen functional groups attached to an aromatic ring is 1. The summed E-state index contributed by atoms with van der Waals surface area (Å²) < 4.78 is 22.7. The fourth-order valence-corrected chi connectivity index (χ4v) is 2.34. The lowest BCUT2D eigenvalue weighted by atomic mass is 9.93. The zero-order chi connectivity index (χ0) is 14.7. The number of aliphatic hydroxyl groups excluding tert-OH is 1. The van der Waals surface area contributed by atoms with E-state index in [2.05, 4.69) is 5.32 Å². The van der Waals surface area contributed by atoms with E-state index in [0.717, 1.165) is 0 Å². The summed E-state index contributed by atoms with van der Waals surface area (Å²) in [5.41, 5.74) is 6.17. The van der Waals surface area contributed by atoms with Crippen molar-refractivity contribution in [2.24, 2.45) is 5.14 Å². The standard InChI is InChI=1S/C12H21N3O3S/c1-3-12(4-2,8-16)15-11-7-9(19(14,17)18)5-6-10(11)13/h5-7,15-16H,3-4,8,13H2,1-2H3,(H2,14,17,18). The van der Waals surface area contributed by atoms with Crippen molar-refractivity contribution in [2.45, 2.75) is 37.1 Å². The number of hydrogen-bond donors (Lipinski definition) is 4. The van der Waals surface area contributed by atoms with Crippen LogP contribution in [0.15, 0.2) is 23.1 Å². The summed E-state index contributed by atoms with van der Waals surface area (Å²) in [5.74, 6) is 0. The molecule has 1 rings (SSSR count).